The smallest absolute Gasteiger partial charge is 0.211 e. The van der Waals surface area contributed by atoms with Crippen molar-refractivity contribution < 1.29 is 4.39 Å². The van der Waals surface area contributed by atoms with Crippen molar-refractivity contribution >= 4 is 0 Å². The first-order chi connectivity index (χ1) is 4.33. The Morgan fingerprint density at radius 1 is 1.44 bits per heavy atom. The van der Waals surface area contributed by atoms with Gasteiger partial charge in [0.25, 0.3) is 0 Å². The van der Waals surface area contributed by atoms with Crippen LogP contribution in [0.5, 0.6) is 0 Å². The largest absolute Gasteiger partial charge is 0.308 e. The summed E-state index contributed by atoms with van der Waals surface area (Å²) < 4.78 is 12.0. The van der Waals surface area contributed by atoms with E-state index in [1.54, 1.807) is 0 Å². The molecule has 0 N–H and O–H groups in total. The summed E-state index contributed by atoms with van der Waals surface area (Å²) in [5.41, 5.74) is 0.955. The van der Waals surface area contributed by atoms with Gasteiger partial charge >= 0.3 is 6.08 Å². The fraction of sp³-hybridized carbons (Fsp3) is 0.333. The van der Waals surface area contributed by atoms with E-state index < -0.39 is 6.08 Å². The molecule has 0 aliphatic heterocycles. The Balaban J connectivity index is 2.88. The number of nitrogens with zero attached hydrogens (tertiary/aromatic N) is 2. The summed E-state index contributed by atoms with van der Waals surface area (Å²) in [4.78, 5) is 6.74. The SMILES string of the molecule is CCc1cnc(F)nc1. The van der Waals surface area contributed by atoms with E-state index in [2.05, 4.69) is 9.97 Å². The molecule has 1 heterocycles. The average molecular weight is 126 g/mol. The third kappa shape index (κ3) is 1.45. The van der Waals surface area contributed by atoms with Crippen LogP contribution >= 0.6 is 0 Å². The summed E-state index contributed by atoms with van der Waals surface area (Å²) in [6, 6.07) is 0. The second kappa shape index (κ2) is 2.53. The zero-order valence-electron chi connectivity index (χ0n) is 5.13. The first kappa shape index (κ1) is 6.13. The predicted molar refractivity (Wildman–Crippen MR) is 31.4 cm³/mol. The summed E-state index contributed by atoms with van der Waals surface area (Å²) in [6.07, 6.45) is 3.16. The van der Waals surface area contributed by atoms with E-state index in [-0.39, 0.29) is 0 Å². The maximum atomic E-state index is 12.0. The summed E-state index contributed by atoms with van der Waals surface area (Å²) in [5, 5.41) is 0. The predicted octanol–water partition coefficient (Wildman–Crippen LogP) is 1.18. The maximum Gasteiger partial charge on any atom is 0.308 e. The highest BCUT2D eigenvalue weighted by atomic mass is 19.1. The van der Waals surface area contributed by atoms with Gasteiger partial charge in [0, 0.05) is 12.4 Å². The fourth-order valence-electron chi connectivity index (χ4n) is 0.522. The molecular weight excluding hydrogens is 119 g/mol. The highest BCUT2D eigenvalue weighted by Gasteiger charge is 1.90. The van der Waals surface area contributed by atoms with Gasteiger partial charge in [-0.05, 0) is 12.0 Å². The van der Waals surface area contributed by atoms with Gasteiger partial charge in [-0.3, -0.25) is 0 Å². The van der Waals surface area contributed by atoms with E-state index in [1.165, 1.54) is 12.4 Å². The maximum absolute atomic E-state index is 12.0. The Kier molecular flexibility index (Phi) is 1.72. The minimum Gasteiger partial charge on any atom is -0.211 e. The second-order valence-electron chi connectivity index (χ2n) is 1.71. The molecular formula is C6H7FN2. The molecule has 0 aliphatic carbocycles. The van der Waals surface area contributed by atoms with Crippen molar-refractivity contribution in [1.29, 1.82) is 0 Å². The summed E-state index contributed by atoms with van der Waals surface area (Å²) in [6.45, 7) is 1.97. The molecule has 0 aliphatic rings. The number of hydrogen-bond donors (Lipinski definition) is 0. The van der Waals surface area contributed by atoms with Crippen LogP contribution in [0.25, 0.3) is 0 Å². The number of aryl methyl sites for hydroxylation is 1. The number of halogens is 1. The normalized spacial score (nSPS) is 9.56. The lowest BCUT2D eigenvalue weighted by Crippen LogP contribution is -1.89. The third-order valence-electron chi connectivity index (χ3n) is 1.08. The van der Waals surface area contributed by atoms with Gasteiger partial charge in [-0.25, -0.2) is 9.97 Å². The van der Waals surface area contributed by atoms with E-state index in [0.717, 1.165) is 12.0 Å². The molecule has 1 aromatic heterocycles. The highest BCUT2D eigenvalue weighted by molar-refractivity contribution is 5.01. The van der Waals surface area contributed by atoms with Crippen LogP contribution in [0.3, 0.4) is 0 Å². The molecule has 0 spiro atoms. The molecule has 1 aromatic rings. The lowest BCUT2D eigenvalue weighted by molar-refractivity contribution is 0.536. The zero-order valence-corrected chi connectivity index (χ0v) is 5.13. The van der Waals surface area contributed by atoms with Crippen LogP contribution in [0.4, 0.5) is 4.39 Å². The molecule has 2 nitrogen and oxygen atoms in total. The Morgan fingerprint density at radius 3 is 2.44 bits per heavy atom. The van der Waals surface area contributed by atoms with Crippen molar-refractivity contribution in [1.82, 2.24) is 9.97 Å². The molecule has 0 unspecified atom stereocenters. The van der Waals surface area contributed by atoms with Gasteiger partial charge in [-0.15, -0.1) is 0 Å². The quantitative estimate of drug-likeness (QED) is 0.528. The molecule has 3 heteroatoms. The molecule has 48 valence electrons. The molecule has 0 saturated heterocycles. The summed E-state index contributed by atoms with van der Waals surface area (Å²) >= 11 is 0. The molecule has 0 bridgehead atoms. The lowest BCUT2D eigenvalue weighted by Gasteiger charge is -1.90. The van der Waals surface area contributed by atoms with Crippen LogP contribution in [0, 0.1) is 6.08 Å². The fourth-order valence-corrected chi connectivity index (χ4v) is 0.522. The van der Waals surface area contributed by atoms with E-state index in [1.807, 2.05) is 6.92 Å². The van der Waals surface area contributed by atoms with Gasteiger partial charge in [-0.2, -0.15) is 4.39 Å². The Morgan fingerprint density at radius 2 is 2.00 bits per heavy atom. The van der Waals surface area contributed by atoms with Crippen molar-refractivity contribution in [3.8, 4) is 0 Å². The monoisotopic (exact) mass is 126 g/mol. The topological polar surface area (TPSA) is 25.8 Å². The highest BCUT2D eigenvalue weighted by Crippen LogP contribution is 1.94. The first-order valence-corrected chi connectivity index (χ1v) is 2.79. The average Bonchev–Trinajstić information content (AvgIpc) is 1.90. The Labute approximate surface area is 52.8 Å². The standard InChI is InChI=1S/C6H7FN2/c1-2-5-3-8-6(7)9-4-5/h3-4H,2H2,1H3. The van der Waals surface area contributed by atoms with Gasteiger partial charge in [0.05, 0.1) is 0 Å². The molecule has 0 amide bonds. The van der Waals surface area contributed by atoms with Crippen molar-refractivity contribution in [3.05, 3.63) is 24.0 Å². The lowest BCUT2D eigenvalue weighted by atomic mass is 10.3. The molecule has 0 aromatic carbocycles. The van der Waals surface area contributed by atoms with Crippen molar-refractivity contribution in [3.63, 3.8) is 0 Å². The zero-order chi connectivity index (χ0) is 6.69. The molecule has 0 atom stereocenters. The number of rotatable bonds is 1. The Hall–Kier alpha value is -0.990. The number of hydrogen-bond acceptors (Lipinski definition) is 2. The first-order valence-electron chi connectivity index (χ1n) is 2.79. The summed E-state index contributed by atoms with van der Waals surface area (Å²) in [7, 11) is 0. The van der Waals surface area contributed by atoms with Gasteiger partial charge in [0.1, 0.15) is 0 Å². The van der Waals surface area contributed by atoms with Gasteiger partial charge < -0.3 is 0 Å². The van der Waals surface area contributed by atoms with E-state index in [9.17, 15) is 4.39 Å². The van der Waals surface area contributed by atoms with E-state index in [0.29, 0.717) is 0 Å². The molecule has 0 radical (unpaired) electrons. The minimum atomic E-state index is -0.660. The van der Waals surface area contributed by atoms with Crippen LogP contribution in [0.2, 0.25) is 0 Å². The van der Waals surface area contributed by atoms with E-state index in [4.69, 9.17) is 0 Å². The van der Waals surface area contributed by atoms with Crippen LogP contribution in [-0.2, 0) is 6.42 Å². The van der Waals surface area contributed by atoms with Crippen molar-refractivity contribution in [2.75, 3.05) is 0 Å². The van der Waals surface area contributed by atoms with Crippen molar-refractivity contribution in [2.24, 2.45) is 0 Å². The van der Waals surface area contributed by atoms with Crippen LogP contribution in [0.1, 0.15) is 12.5 Å². The molecule has 1 rings (SSSR count). The van der Waals surface area contributed by atoms with Gasteiger partial charge in [0.15, 0.2) is 0 Å². The summed E-state index contributed by atoms with van der Waals surface area (Å²) in [5.74, 6) is 0. The number of aromatic nitrogens is 2. The van der Waals surface area contributed by atoms with Crippen LogP contribution in [0.15, 0.2) is 12.4 Å². The molecule has 0 fully saturated rings. The van der Waals surface area contributed by atoms with Crippen LogP contribution < -0.4 is 0 Å². The minimum absolute atomic E-state index is 0.660. The molecule has 0 saturated carbocycles. The van der Waals surface area contributed by atoms with Gasteiger partial charge in [-0.1, -0.05) is 6.92 Å². The van der Waals surface area contributed by atoms with E-state index >= 15 is 0 Å². The molecule has 9 heavy (non-hydrogen) atoms. The van der Waals surface area contributed by atoms with Crippen LogP contribution in [-0.4, -0.2) is 9.97 Å². The third-order valence-corrected chi connectivity index (χ3v) is 1.08. The Bertz CT molecular complexity index is 183. The van der Waals surface area contributed by atoms with Gasteiger partial charge in [0.2, 0.25) is 0 Å². The second-order valence-corrected chi connectivity index (χ2v) is 1.71. The van der Waals surface area contributed by atoms with Crippen molar-refractivity contribution in [2.45, 2.75) is 13.3 Å².